The van der Waals surface area contributed by atoms with Crippen LogP contribution in [-0.4, -0.2) is 8.42 Å². The largest absolute Gasteiger partial charge is 0.218 e. The van der Waals surface area contributed by atoms with Crippen LogP contribution in [0, 0.1) is 23.7 Å². The van der Waals surface area contributed by atoms with Crippen molar-refractivity contribution in [3.05, 3.63) is 59.7 Å². The van der Waals surface area contributed by atoms with Crippen molar-refractivity contribution in [2.45, 2.75) is 64.2 Å². The molecule has 2 aromatic rings. The van der Waals surface area contributed by atoms with Gasteiger partial charge in [0.1, 0.15) is 0 Å². The lowest BCUT2D eigenvalue weighted by atomic mass is 9.91. The molecule has 2 atom stereocenters. The fourth-order valence-electron chi connectivity index (χ4n) is 3.15. The van der Waals surface area contributed by atoms with E-state index in [1.54, 1.807) is 12.1 Å². The van der Waals surface area contributed by atoms with Crippen LogP contribution in [0.1, 0.15) is 52.7 Å². The summed E-state index contributed by atoms with van der Waals surface area (Å²) in [4.78, 5) is 0.921. The quantitative estimate of drug-likeness (QED) is 0.542. The van der Waals surface area contributed by atoms with Crippen molar-refractivity contribution in [2.24, 2.45) is 23.7 Å². The second-order valence-electron chi connectivity index (χ2n) is 8.57. The van der Waals surface area contributed by atoms with Crippen molar-refractivity contribution in [3.8, 4) is 0 Å². The Kier molecular flexibility index (Phi) is 7.27. The first-order chi connectivity index (χ1) is 12.6. The van der Waals surface area contributed by atoms with Gasteiger partial charge < -0.3 is 0 Å². The Labute approximate surface area is 165 Å². The Morgan fingerprint density at radius 3 is 1.30 bits per heavy atom. The van der Waals surface area contributed by atoms with Gasteiger partial charge in [0.25, 0.3) is 0 Å². The van der Waals surface area contributed by atoms with Crippen LogP contribution in [0.25, 0.3) is 0 Å². The Morgan fingerprint density at radius 1 is 0.630 bits per heavy atom. The van der Waals surface area contributed by atoms with Crippen LogP contribution in [0.2, 0.25) is 0 Å². The number of sulfone groups is 1. The third-order valence-corrected chi connectivity index (χ3v) is 7.84. The highest BCUT2D eigenvalue weighted by Gasteiger charge is 2.25. The van der Waals surface area contributed by atoms with Crippen LogP contribution in [-0.2, 0) is 22.7 Å². The molecule has 0 spiro atoms. The topological polar surface area (TPSA) is 34.1 Å². The predicted octanol–water partition coefficient (Wildman–Crippen LogP) is 6.19. The molecule has 0 aromatic heterocycles. The molecule has 0 N–H and O–H groups in total. The van der Waals surface area contributed by atoms with Crippen LogP contribution in [0.15, 0.2) is 58.3 Å². The molecule has 2 nitrogen and oxygen atoms in total. The number of benzene rings is 2. The molecule has 0 aliphatic carbocycles. The van der Waals surface area contributed by atoms with E-state index in [0.29, 0.717) is 33.5 Å². The van der Waals surface area contributed by atoms with Gasteiger partial charge in [-0.05, 0) is 59.8 Å². The summed E-state index contributed by atoms with van der Waals surface area (Å²) in [6.07, 6.45) is 1.55. The first-order valence-corrected chi connectivity index (χ1v) is 11.5. The van der Waals surface area contributed by atoms with Crippen molar-refractivity contribution in [1.29, 1.82) is 0 Å². The summed E-state index contributed by atoms with van der Waals surface area (Å²) in [5, 5.41) is 0. The van der Waals surface area contributed by atoms with E-state index >= 15 is 0 Å². The highest BCUT2D eigenvalue weighted by Crippen LogP contribution is 2.31. The Balaban J connectivity index is 2.49. The minimum atomic E-state index is -3.54. The maximum Gasteiger partial charge on any atom is 0.207 e. The highest BCUT2D eigenvalue weighted by atomic mass is 32.2. The van der Waals surface area contributed by atoms with E-state index in [1.165, 1.54) is 0 Å². The molecule has 0 heterocycles. The van der Waals surface area contributed by atoms with E-state index in [4.69, 9.17) is 0 Å². The molecule has 0 bridgehead atoms. The smallest absolute Gasteiger partial charge is 0.207 e. The van der Waals surface area contributed by atoms with Crippen LogP contribution >= 0.6 is 0 Å². The van der Waals surface area contributed by atoms with Crippen molar-refractivity contribution >= 4 is 9.84 Å². The van der Waals surface area contributed by atoms with E-state index in [9.17, 15) is 8.42 Å². The lowest BCUT2D eigenvalue weighted by Crippen LogP contribution is -2.14. The molecular weight excluding hydrogens is 352 g/mol. The van der Waals surface area contributed by atoms with Crippen LogP contribution < -0.4 is 0 Å². The maximum absolute atomic E-state index is 13.6. The first-order valence-electron chi connectivity index (χ1n) is 10.1. The lowest BCUT2D eigenvalue weighted by Gasteiger charge is -2.20. The highest BCUT2D eigenvalue weighted by molar-refractivity contribution is 7.91. The monoisotopic (exact) mass is 386 g/mol. The summed E-state index contributed by atoms with van der Waals surface area (Å²) in [5.41, 5.74) is 1.84. The number of hydrogen-bond acceptors (Lipinski definition) is 2. The van der Waals surface area contributed by atoms with Crippen molar-refractivity contribution in [2.75, 3.05) is 0 Å². The van der Waals surface area contributed by atoms with Crippen LogP contribution in [0.4, 0.5) is 0 Å². The SMILES string of the molecule is CC(C)C(C)Cc1ccccc1S(=O)(=O)c1ccccc1CC(C)C(C)C. The van der Waals surface area contributed by atoms with Gasteiger partial charge in [-0.3, -0.25) is 0 Å². The minimum Gasteiger partial charge on any atom is -0.218 e. The van der Waals surface area contributed by atoms with Crippen molar-refractivity contribution in [1.82, 2.24) is 0 Å². The summed E-state index contributed by atoms with van der Waals surface area (Å²) >= 11 is 0. The number of rotatable bonds is 8. The molecule has 0 saturated carbocycles. The molecule has 2 rings (SSSR count). The van der Waals surface area contributed by atoms with Gasteiger partial charge in [0.2, 0.25) is 9.84 Å². The zero-order valence-corrected chi connectivity index (χ0v) is 18.4. The molecule has 0 fully saturated rings. The molecule has 3 heteroatoms. The van der Waals surface area contributed by atoms with Gasteiger partial charge in [0.05, 0.1) is 9.79 Å². The average Bonchev–Trinajstić information content (AvgIpc) is 2.62. The zero-order chi connectivity index (χ0) is 20.2. The molecule has 0 aliphatic heterocycles. The van der Waals surface area contributed by atoms with E-state index in [0.717, 1.165) is 24.0 Å². The fourth-order valence-corrected chi connectivity index (χ4v) is 4.90. The van der Waals surface area contributed by atoms with Crippen LogP contribution in [0.3, 0.4) is 0 Å². The zero-order valence-electron chi connectivity index (χ0n) is 17.6. The van der Waals surface area contributed by atoms with Gasteiger partial charge in [-0.25, -0.2) is 8.42 Å². The van der Waals surface area contributed by atoms with Crippen LogP contribution in [0.5, 0.6) is 0 Å². The van der Waals surface area contributed by atoms with E-state index in [1.807, 2.05) is 36.4 Å². The Hall–Kier alpha value is -1.61. The Bertz CT molecular complexity index is 785. The van der Waals surface area contributed by atoms with E-state index < -0.39 is 9.84 Å². The molecule has 2 aromatic carbocycles. The van der Waals surface area contributed by atoms with E-state index in [2.05, 4.69) is 41.5 Å². The van der Waals surface area contributed by atoms with Gasteiger partial charge >= 0.3 is 0 Å². The van der Waals surface area contributed by atoms with Gasteiger partial charge in [-0.15, -0.1) is 0 Å². The molecule has 2 unspecified atom stereocenters. The predicted molar refractivity (Wildman–Crippen MR) is 114 cm³/mol. The summed E-state index contributed by atoms with van der Waals surface area (Å²) < 4.78 is 27.2. The third-order valence-electron chi connectivity index (χ3n) is 5.88. The van der Waals surface area contributed by atoms with Gasteiger partial charge in [0, 0.05) is 0 Å². The molecule has 0 radical (unpaired) electrons. The molecule has 0 saturated heterocycles. The summed E-state index contributed by atoms with van der Waals surface area (Å²) in [6.45, 7) is 13.1. The first kappa shape index (κ1) is 21.7. The molecule has 148 valence electrons. The molecular formula is C24H34O2S. The summed E-state index contributed by atoms with van der Waals surface area (Å²) in [5.74, 6) is 1.88. The second-order valence-corrected chi connectivity index (χ2v) is 10.5. The normalized spacial score (nSPS) is 14.5. The minimum absolute atomic E-state index is 0.428. The maximum atomic E-state index is 13.6. The average molecular weight is 387 g/mol. The number of hydrogen-bond donors (Lipinski definition) is 0. The van der Waals surface area contributed by atoms with Crippen molar-refractivity contribution < 1.29 is 8.42 Å². The molecule has 0 amide bonds. The summed E-state index contributed by atoms with van der Waals surface area (Å²) in [6, 6.07) is 15.0. The molecule has 0 aliphatic rings. The second kappa shape index (κ2) is 9.05. The summed E-state index contributed by atoms with van der Waals surface area (Å²) in [7, 11) is -3.54. The van der Waals surface area contributed by atoms with Gasteiger partial charge in [-0.2, -0.15) is 0 Å². The fraction of sp³-hybridized carbons (Fsp3) is 0.500. The standard InChI is InChI=1S/C24H34O2S/c1-17(2)19(5)15-21-11-7-9-13-23(21)27(25,26)24-14-10-8-12-22(24)16-20(6)18(3)4/h7-14,17-20H,15-16H2,1-6H3. The Morgan fingerprint density at radius 2 is 0.963 bits per heavy atom. The van der Waals surface area contributed by atoms with Gasteiger partial charge in [-0.1, -0.05) is 77.9 Å². The van der Waals surface area contributed by atoms with Crippen molar-refractivity contribution in [3.63, 3.8) is 0 Å². The van der Waals surface area contributed by atoms with E-state index in [-0.39, 0.29) is 0 Å². The van der Waals surface area contributed by atoms with Gasteiger partial charge in [0.15, 0.2) is 0 Å². The third kappa shape index (κ3) is 5.22. The lowest BCUT2D eigenvalue weighted by molar-refractivity contribution is 0.414. The molecule has 27 heavy (non-hydrogen) atoms.